The average Bonchev–Trinajstić information content (AvgIpc) is 1.35. The zero-order valence-corrected chi connectivity index (χ0v) is 7.83. The normalized spacial score (nSPS) is 14.0. The van der Waals surface area contributed by atoms with Crippen molar-refractivity contribution in [2.24, 2.45) is 0 Å². The molecule has 38 valence electrons. The topological polar surface area (TPSA) is 0 Å². The molecular formula is C4H12AsP. The van der Waals surface area contributed by atoms with Gasteiger partial charge < -0.3 is 0 Å². The van der Waals surface area contributed by atoms with Crippen LogP contribution in [0.15, 0.2) is 0 Å². The molecule has 0 aromatic rings. The molecule has 0 aliphatic heterocycles. The van der Waals surface area contributed by atoms with Crippen LogP contribution < -0.4 is 0 Å². The Morgan fingerprint density at radius 2 is 1.50 bits per heavy atom. The molecule has 0 spiro atoms. The summed E-state index contributed by atoms with van der Waals surface area (Å²) in [6.45, 7) is 6.83. The summed E-state index contributed by atoms with van der Waals surface area (Å²) in [5.41, 5.74) is 0. The zero-order valence-electron chi connectivity index (χ0n) is 4.58. The molecule has 0 bridgehead atoms. The minimum atomic E-state index is 0.271. The van der Waals surface area contributed by atoms with Crippen LogP contribution in [0.3, 0.4) is 0 Å². The predicted octanol–water partition coefficient (Wildman–Crippen LogP) is 1.43. The molecule has 0 saturated carbocycles. The molecule has 0 rings (SSSR count). The Morgan fingerprint density at radius 1 is 1.33 bits per heavy atom. The minimum absolute atomic E-state index is 0.271. The van der Waals surface area contributed by atoms with Crippen LogP contribution in [0.4, 0.5) is 0 Å². The Morgan fingerprint density at radius 3 is 1.50 bits per heavy atom. The molecule has 2 atom stereocenters. The van der Waals surface area contributed by atoms with Crippen molar-refractivity contribution in [2.45, 2.75) is 25.0 Å². The van der Waals surface area contributed by atoms with E-state index < -0.39 is 0 Å². The van der Waals surface area contributed by atoms with Gasteiger partial charge in [0.05, 0.1) is 0 Å². The monoisotopic (exact) mass is 166 g/mol. The Labute approximate surface area is 48.5 Å². The van der Waals surface area contributed by atoms with E-state index in [0.717, 1.165) is 0 Å². The summed E-state index contributed by atoms with van der Waals surface area (Å²) in [5.74, 6) is 0. The van der Waals surface area contributed by atoms with Crippen molar-refractivity contribution in [1.82, 2.24) is 0 Å². The maximum atomic E-state index is 2.85. The van der Waals surface area contributed by atoms with Crippen molar-refractivity contribution < 1.29 is 0 Å². The molecule has 2 unspecified atom stereocenters. The summed E-state index contributed by atoms with van der Waals surface area (Å²) in [4.78, 5) is 0. The molecule has 0 radical (unpaired) electrons. The van der Waals surface area contributed by atoms with E-state index in [4.69, 9.17) is 0 Å². The fourth-order valence-corrected chi connectivity index (χ4v) is 0. The summed E-state index contributed by atoms with van der Waals surface area (Å²) in [6.07, 6.45) is 0. The third-order valence-electron chi connectivity index (χ3n) is 0.433. The first-order valence-corrected chi connectivity index (χ1v) is 7.30. The zero-order chi connectivity index (χ0) is 5.21. The molecule has 0 aliphatic rings. The first-order valence-electron chi connectivity index (χ1n) is 2.04. The van der Waals surface area contributed by atoms with E-state index >= 15 is 0 Å². The molecule has 0 aliphatic carbocycles. The average molecular weight is 166 g/mol. The van der Waals surface area contributed by atoms with Gasteiger partial charge in [-0.1, -0.05) is 0 Å². The molecule has 2 heteroatoms. The van der Waals surface area contributed by atoms with E-state index in [-0.39, 0.29) is 15.3 Å². The van der Waals surface area contributed by atoms with Gasteiger partial charge in [-0.15, -0.1) is 0 Å². The molecule has 0 N–H and O–H groups in total. The van der Waals surface area contributed by atoms with Crippen LogP contribution in [0.2, 0.25) is 4.20 Å². The van der Waals surface area contributed by atoms with Crippen molar-refractivity contribution in [3.05, 3.63) is 0 Å². The van der Waals surface area contributed by atoms with Crippen LogP contribution in [0.1, 0.15) is 20.8 Å². The van der Waals surface area contributed by atoms with Gasteiger partial charge >= 0.3 is 48.1 Å². The first kappa shape index (κ1) is 6.99. The summed E-state index contributed by atoms with van der Waals surface area (Å²) in [7, 11) is 2.85. The van der Waals surface area contributed by atoms with E-state index in [1.807, 2.05) is 0 Å². The maximum absolute atomic E-state index is 2.85. The molecule has 0 aromatic carbocycles. The van der Waals surface area contributed by atoms with Gasteiger partial charge in [-0.25, -0.2) is 0 Å². The third kappa shape index (κ3) is 4.99. The van der Waals surface area contributed by atoms with Gasteiger partial charge in [-0.05, 0) is 0 Å². The fraction of sp³-hybridized carbons (Fsp3) is 1.00. The SMILES string of the molecule is CC(C)(C)[AsH]P. The van der Waals surface area contributed by atoms with Crippen LogP contribution in [-0.4, -0.2) is 15.3 Å². The van der Waals surface area contributed by atoms with E-state index in [1.165, 1.54) is 0 Å². The first-order chi connectivity index (χ1) is 2.56. The van der Waals surface area contributed by atoms with Gasteiger partial charge in [0.15, 0.2) is 0 Å². The summed E-state index contributed by atoms with van der Waals surface area (Å²) in [5, 5.41) is 0. The van der Waals surface area contributed by atoms with Gasteiger partial charge in [0, 0.05) is 0 Å². The van der Waals surface area contributed by atoms with Gasteiger partial charge in [0.25, 0.3) is 0 Å². The molecule has 0 aromatic heterocycles. The molecule has 0 saturated heterocycles. The third-order valence-corrected chi connectivity index (χ3v) is 6.75. The van der Waals surface area contributed by atoms with Gasteiger partial charge in [0.1, 0.15) is 0 Å². The van der Waals surface area contributed by atoms with Crippen LogP contribution in [0.25, 0.3) is 0 Å². The molecule has 0 amide bonds. The quantitative estimate of drug-likeness (QED) is 0.377. The standard InChI is InChI=1S/C4H12AsP/c1-4(2,3)5-6/h5H,6H2,1-3H3. The summed E-state index contributed by atoms with van der Waals surface area (Å²) in [6, 6.07) is 0. The second-order valence-corrected chi connectivity index (χ2v) is 7.65. The number of rotatable bonds is 0. The second-order valence-electron chi connectivity index (χ2n) is 2.39. The van der Waals surface area contributed by atoms with Gasteiger partial charge in [-0.3, -0.25) is 0 Å². The Hall–Kier alpha value is 0.988. The van der Waals surface area contributed by atoms with Crippen molar-refractivity contribution in [2.75, 3.05) is 0 Å². The van der Waals surface area contributed by atoms with Crippen molar-refractivity contribution >= 4 is 23.1 Å². The van der Waals surface area contributed by atoms with Crippen LogP contribution in [-0.2, 0) is 0 Å². The van der Waals surface area contributed by atoms with Gasteiger partial charge in [0.2, 0.25) is 0 Å². The van der Waals surface area contributed by atoms with Crippen LogP contribution in [0.5, 0.6) is 0 Å². The Bertz CT molecular complexity index is 37.3. The number of hydrogen-bond donors (Lipinski definition) is 0. The molecule has 0 nitrogen and oxygen atoms in total. The molecular weight excluding hydrogens is 154 g/mol. The van der Waals surface area contributed by atoms with E-state index in [2.05, 4.69) is 28.6 Å². The van der Waals surface area contributed by atoms with E-state index in [9.17, 15) is 0 Å². The van der Waals surface area contributed by atoms with Crippen LogP contribution >= 0.6 is 7.80 Å². The number of hydrogen-bond acceptors (Lipinski definition) is 0. The predicted molar refractivity (Wildman–Crippen MR) is 36.6 cm³/mol. The molecule has 0 heterocycles. The van der Waals surface area contributed by atoms with E-state index in [1.54, 1.807) is 0 Å². The van der Waals surface area contributed by atoms with Crippen molar-refractivity contribution in [3.63, 3.8) is 0 Å². The molecule has 0 fully saturated rings. The summed E-state index contributed by atoms with van der Waals surface area (Å²) < 4.78 is 0.630. The van der Waals surface area contributed by atoms with Gasteiger partial charge in [-0.2, -0.15) is 0 Å². The van der Waals surface area contributed by atoms with E-state index in [0.29, 0.717) is 4.20 Å². The van der Waals surface area contributed by atoms with Crippen molar-refractivity contribution in [1.29, 1.82) is 0 Å². The second kappa shape index (κ2) is 2.34. The Balaban J connectivity index is 3.17. The Kier molecular flexibility index (Phi) is 2.72. The van der Waals surface area contributed by atoms with Crippen molar-refractivity contribution in [3.8, 4) is 0 Å². The van der Waals surface area contributed by atoms with Crippen LogP contribution in [0, 0.1) is 0 Å². The summed E-state index contributed by atoms with van der Waals surface area (Å²) >= 11 is 0.271. The fourth-order valence-electron chi connectivity index (χ4n) is 0. The molecule has 6 heavy (non-hydrogen) atoms.